The van der Waals surface area contributed by atoms with Crippen LogP contribution < -0.4 is 5.32 Å². The molecule has 0 aromatic heterocycles. The van der Waals surface area contributed by atoms with Crippen molar-refractivity contribution in [3.05, 3.63) is 12.2 Å². The van der Waals surface area contributed by atoms with Gasteiger partial charge >= 0.3 is 0 Å². The molecule has 2 fully saturated rings. The molecule has 14 heteroatoms. The fraction of sp³-hybridized carbons (Fsp3) is 0.956. The molecule has 0 saturated carbocycles. The number of hydrogen-bond acceptors (Lipinski definition) is 13. The minimum atomic E-state index is -1.78. The Balaban J connectivity index is 1.65. The number of nitrogens with one attached hydrogen (secondary N) is 1. The molecule has 12 atom stereocenters. The van der Waals surface area contributed by atoms with Crippen LogP contribution >= 0.6 is 0 Å². The molecule has 14 nitrogen and oxygen atoms in total. The lowest BCUT2D eigenvalue weighted by molar-refractivity contribution is -0.359. The standard InChI is InChI=1S/C68H131NO13/c1-3-5-7-9-11-13-15-17-19-21-23-24-25-26-27-28-29-30-31-32-34-36-38-40-42-44-46-48-50-52-60(73)69-56(57(72)51-49-47-45-43-41-39-37-35-33-22-20-18-16-14-12-10-8-6-4-2)55-79-67-65(78)63(76)66(59(54-71)81-67)82-68-64(77)62(75)61(74)58(53-70)80-68/h21,23,56-59,61-68,70-72,74-78H,3-20,22,24-55H2,1-2H3,(H,69,73)/b23-21-. The predicted octanol–water partition coefficient (Wildman–Crippen LogP) is 13.8. The number of carbonyl (C=O) groups excluding carboxylic acids is 1. The van der Waals surface area contributed by atoms with Crippen LogP contribution in [0.1, 0.15) is 322 Å². The van der Waals surface area contributed by atoms with Crippen LogP contribution in [-0.4, -0.2) is 140 Å². The highest BCUT2D eigenvalue weighted by molar-refractivity contribution is 5.76. The first-order valence-electron chi connectivity index (χ1n) is 34.9. The van der Waals surface area contributed by atoms with Crippen molar-refractivity contribution in [2.45, 2.75) is 396 Å². The first-order valence-corrected chi connectivity index (χ1v) is 34.9. The summed E-state index contributed by atoms with van der Waals surface area (Å²) >= 11 is 0. The van der Waals surface area contributed by atoms with Crippen molar-refractivity contribution in [3.63, 3.8) is 0 Å². The zero-order chi connectivity index (χ0) is 59.5. The molecule has 2 aliphatic rings. The first kappa shape index (κ1) is 76.8. The Morgan fingerprint density at radius 3 is 1.16 bits per heavy atom. The molecule has 0 aromatic rings. The van der Waals surface area contributed by atoms with Crippen LogP contribution in [-0.2, 0) is 23.7 Å². The van der Waals surface area contributed by atoms with Gasteiger partial charge in [0.2, 0.25) is 5.91 Å². The van der Waals surface area contributed by atoms with Gasteiger partial charge < -0.3 is 65.1 Å². The number of unbranched alkanes of at least 4 members (excludes halogenated alkanes) is 43. The van der Waals surface area contributed by atoms with Crippen molar-refractivity contribution in [1.82, 2.24) is 5.32 Å². The minimum absolute atomic E-state index is 0.199. The van der Waals surface area contributed by atoms with Crippen LogP contribution in [0, 0.1) is 0 Å². The molecule has 2 rings (SSSR count). The van der Waals surface area contributed by atoms with E-state index in [4.69, 9.17) is 18.9 Å². The van der Waals surface area contributed by atoms with E-state index in [0.717, 1.165) is 51.4 Å². The predicted molar refractivity (Wildman–Crippen MR) is 332 cm³/mol. The van der Waals surface area contributed by atoms with Gasteiger partial charge in [0.1, 0.15) is 48.8 Å². The second-order valence-corrected chi connectivity index (χ2v) is 25.0. The number of aliphatic hydroxyl groups excluding tert-OH is 8. The minimum Gasteiger partial charge on any atom is -0.394 e. The molecular formula is C68H131NO13. The molecule has 486 valence electrons. The van der Waals surface area contributed by atoms with E-state index in [1.807, 2.05) is 0 Å². The third-order valence-corrected chi connectivity index (χ3v) is 17.5. The van der Waals surface area contributed by atoms with Gasteiger partial charge in [-0.1, -0.05) is 289 Å². The quantitative estimate of drug-likeness (QED) is 0.0204. The van der Waals surface area contributed by atoms with E-state index in [1.165, 1.54) is 244 Å². The summed E-state index contributed by atoms with van der Waals surface area (Å²) in [4.78, 5) is 13.3. The molecule has 2 saturated heterocycles. The Labute approximate surface area is 501 Å². The van der Waals surface area contributed by atoms with Crippen LogP contribution in [0.5, 0.6) is 0 Å². The lowest BCUT2D eigenvalue weighted by Gasteiger charge is -2.46. The van der Waals surface area contributed by atoms with Crippen molar-refractivity contribution in [1.29, 1.82) is 0 Å². The molecule has 9 N–H and O–H groups in total. The SMILES string of the molecule is CCCCCCCCCC/C=C\CCCCCCCCCCCCCCCCCCCC(=O)NC(COC1OC(CO)C(OC2OC(CO)C(O)C(O)C2O)C(O)C1O)C(O)CCCCCCCCCCCCCCCCCCCCC. The fourth-order valence-electron chi connectivity index (χ4n) is 11.9. The topological polar surface area (TPSA) is 228 Å². The van der Waals surface area contributed by atoms with Gasteiger partial charge in [0.15, 0.2) is 12.6 Å². The molecule has 12 unspecified atom stereocenters. The van der Waals surface area contributed by atoms with Crippen LogP contribution in [0.2, 0.25) is 0 Å². The van der Waals surface area contributed by atoms with Crippen LogP contribution in [0.4, 0.5) is 0 Å². The highest BCUT2D eigenvalue weighted by Gasteiger charge is 2.51. The molecule has 0 spiro atoms. The first-order chi connectivity index (χ1) is 40.1. The van der Waals surface area contributed by atoms with E-state index in [-0.39, 0.29) is 12.5 Å². The second kappa shape index (κ2) is 53.9. The van der Waals surface area contributed by atoms with Gasteiger partial charge in [0.05, 0.1) is 32.0 Å². The summed E-state index contributed by atoms with van der Waals surface area (Å²) in [5.74, 6) is -0.199. The van der Waals surface area contributed by atoms with Crippen molar-refractivity contribution in [2.24, 2.45) is 0 Å². The molecule has 1 amide bonds. The van der Waals surface area contributed by atoms with Gasteiger partial charge in [-0.3, -0.25) is 4.79 Å². The van der Waals surface area contributed by atoms with Gasteiger partial charge in [-0.15, -0.1) is 0 Å². The van der Waals surface area contributed by atoms with Gasteiger partial charge in [0.25, 0.3) is 0 Å². The average molecular weight is 1170 g/mol. The average Bonchev–Trinajstić information content (AvgIpc) is 3.65. The maximum atomic E-state index is 13.3. The number of hydrogen-bond donors (Lipinski definition) is 9. The van der Waals surface area contributed by atoms with Crippen molar-refractivity contribution >= 4 is 5.91 Å². The zero-order valence-corrected chi connectivity index (χ0v) is 52.8. The van der Waals surface area contributed by atoms with E-state index in [2.05, 4.69) is 31.3 Å². The Hall–Kier alpha value is -1.27. The van der Waals surface area contributed by atoms with E-state index in [1.54, 1.807) is 0 Å². The summed E-state index contributed by atoms with van der Waals surface area (Å²) in [6.45, 7) is 2.91. The Morgan fingerprint density at radius 2 is 0.768 bits per heavy atom. The largest absolute Gasteiger partial charge is 0.394 e. The lowest BCUT2D eigenvalue weighted by atomic mass is 9.97. The molecule has 0 bridgehead atoms. The summed E-state index contributed by atoms with van der Waals surface area (Å²) in [6, 6.07) is -0.826. The maximum Gasteiger partial charge on any atom is 0.220 e. The molecular weight excluding hydrogens is 1040 g/mol. The summed E-state index contributed by atoms with van der Waals surface area (Å²) in [6.07, 6.45) is 48.0. The Morgan fingerprint density at radius 1 is 0.427 bits per heavy atom. The molecule has 0 radical (unpaired) electrons. The number of amides is 1. The van der Waals surface area contributed by atoms with Crippen molar-refractivity contribution in [2.75, 3.05) is 19.8 Å². The highest BCUT2D eigenvalue weighted by atomic mass is 16.7. The lowest BCUT2D eigenvalue weighted by Crippen LogP contribution is -2.65. The Kier molecular flexibility index (Phi) is 50.5. The van der Waals surface area contributed by atoms with Gasteiger partial charge in [-0.2, -0.15) is 0 Å². The maximum absolute atomic E-state index is 13.3. The molecule has 82 heavy (non-hydrogen) atoms. The second-order valence-electron chi connectivity index (χ2n) is 25.0. The summed E-state index contributed by atoms with van der Waals surface area (Å²) in [5.41, 5.74) is 0. The smallest absolute Gasteiger partial charge is 0.220 e. The van der Waals surface area contributed by atoms with Gasteiger partial charge in [-0.25, -0.2) is 0 Å². The molecule has 0 aliphatic carbocycles. The highest BCUT2D eigenvalue weighted by Crippen LogP contribution is 2.30. The third kappa shape index (κ3) is 38.1. The van der Waals surface area contributed by atoms with E-state index in [0.29, 0.717) is 12.8 Å². The molecule has 2 aliphatic heterocycles. The van der Waals surface area contributed by atoms with E-state index >= 15 is 0 Å². The molecule has 0 aromatic carbocycles. The third-order valence-electron chi connectivity index (χ3n) is 17.5. The van der Waals surface area contributed by atoms with Crippen LogP contribution in [0.15, 0.2) is 12.2 Å². The number of ether oxygens (including phenoxy) is 4. The zero-order valence-electron chi connectivity index (χ0n) is 52.8. The number of rotatable bonds is 58. The van der Waals surface area contributed by atoms with Crippen molar-refractivity contribution in [3.8, 4) is 0 Å². The van der Waals surface area contributed by atoms with Crippen LogP contribution in [0.3, 0.4) is 0 Å². The van der Waals surface area contributed by atoms with Crippen molar-refractivity contribution < 1.29 is 64.6 Å². The number of allylic oxidation sites excluding steroid dienone is 2. The van der Waals surface area contributed by atoms with Gasteiger partial charge in [-0.05, 0) is 38.5 Å². The molecule has 2 heterocycles. The Bertz CT molecular complexity index is 1420. The number of carbonyl (C=O) groups is 1. The summed E-state index contributed by atoms with van der Waals surface area (Å²) < 4.78 is 22.9. The summed E-state index contributed by atoms with van der Waals surface area (Å²) in [5, 5.41) is 87.6. The van der Waals surface area contributed by atoms with E-state index < -0.39 is 86.8 Å². The summed E-state index contributed by atoms with van der Waals surface area (Å²) in [7, 11) is 0. The van der Waals surface area contributed by atoms with Crippen LogP contribution in [0.25, 0.3) is 0 Å². The fourth-order valence-corrected chi connectivity index (χ4v) is 11.9. The monoisotopic (exact) mass is 1170 g/mol. The van der Waals surface area contributed by atoms with E-state index in [9.17, 15) is 45.6 Å². The normalized spacial score (nSPS) is 23.9. The van der Waals surface area contributed by atoms with Gasteiger partial charge in [0, 0.05) is 6.42 Å². The number of aliphatic hydroxyl groups is 8.